The van der Waals surface area contributed by atoms with Crippen molar-refractivity contribution in [1.82, 2.24) is 10.6 Å². The van der Waals surface area contributed by atoms with Crippen LogP contribution in [0.1, 0.15) is 6.92 Å². The summed E-state index contributed by atoms with van der Waals surface area (Å²) in [6.45, 7) is 2.98. The van der Waals surface area contributed by atoms with Gasteiger partial charge in [-0.3, -0.25) is 0 Å². The monoisotopic (exact) mass is 288 g/mol. The van der Waals surface area contributed by atoms with E-state index in [9.17, 15) is 16.8 Å². The Kier molecular flexibility index (Phi) is 3.42. The summed E-state index contributed by atoms with van der Waals surface area (Å²) in [5, 5.41) is 6.01. The fourth-order valence-electron chi connectivity index (χ4n) is 1.61. The molecule has 11 heteroatoms. The Morgan fingerprint density at radius 3 is 2.00 bits per heavy atom. The van der Waals surface area contributed by atoms with Crippen LogP contribution >= 0.6 is 0 Å². The molecule has 2 N–H and O–H groups in total. The van der Waals surface area contributed by atoms with Crippen molar-refractivity contribution in [3.8, 4) is 0 Å². The van der Waals surface area contributed by atoms with Crippen molar-refractivity contribution >= 4 is 20.8 Å². The molecule has 0 spiro atoms. The van der Waals surface area contributed by atoms with Crippen LogP contribution in [-0.2, 0) is 32.8 Å². The van der Waals surface area contributed by atoms with Crippen LogP contribution in [0.25, 0.3) is 0 Å². The van der Waals surface area contributed by atoms with Crippen LogP contribution in [-0.4, -0.2) is 42.4 Å². The van der Waals surface area contributed by atoms with Gasteiger partial charge in [0.15, 0.2) is 0 Å². The number of hydrogen-bond acceptors (Lipinski definition) is 9. The van der Waals surface area contributed by atoms with Gasteiger partial charge in [0.1, 0.15) is 0 Å². The van der Waals surface area contributed by atoms with Crippen LogP contribution < -0.4 is 10.6 Å². The zero-order valence-corrected chi connectivity index (χ0v) is 10.5. The van der Waals surface area contributed by atoms with Gasteiger partial charge in [-0.1, -0.05) is 6.92 Å². The lowest BCUT2D eigenvalue weighted by Gasteiger charge is -2.29. The topological polar surface area (TPSA) is 120 Å². The first-order chi connectivity index (χ1) is 7.79. The van der Waals surface area contributed by atoms with Crippen LogP contribution in [0.4, 0.5) is 0 Å². The van der Waals surface area contributed by atoms with Crippen molar-refractivity contribution in [2.45, 2.75) is 19.4 Å². The lowest BCUT2D eigenvalue weighted by molar-refractivity contribution is -0.0642. The average molecular weight is 288 g/mol. The predicted octanol–water partition coefficient (Wildman–Crippen LogP) is -1.98. The highest BCUT2D eigenvalue weighted by Gasteiger charge is 2.43. The predicted molar refractivity (Wildman–Crippen MR) is 53.8 cm³/mol. The quantitative estimate of drug-likeness (QED) is 0.595. The highest BCUT2D eigenvalue weighted by Crippen LogP contribution is 2.25. The minimum absolute atomic E-state index is 0.288. The minimum atomic E-state index is -4.58. The van der Waals surface area contributed by atoms with E-state index >= 15 is 0 Å². The SMILES string of the molecule is CC(C1NCCN1)C1OS(=O)(=O)OS(=O)(=O)O1. The smallest absolute Gasteiger partial charge is 0.300 e. The summed E-state index contributed by atoms with van der Waals surface area (Å²) in [7, 11) is -9.17. The molecule has 0 bridgehead atoms. The zero-order chi connectivity index (χ0) is 12.7. The van der Waals surface area contributed by atoms with Crippen LogP contribution in [0, 0.1) is 5.92 Å². The molecule has 2 aliphatic rings. The average Bonchev–Trinajstić information content (AvgIpc) is 2.63. The third kappa shape index (κ3) is 3.13. The second-order valence-corrected chi connectivity index (χ2v) is 6.25. The van der Waals surface area contributed by atoms with Crippen molar-refractivity contribution in [3.05, 3.63) is 0 Å². The van der Waals surface area contributed by atoms with Crippen LogP contribution in [0.3, 0.4) is 0 Å². The molecule has 0 aliphatic carbocycles. The summed E-state index contributed by atoms with van der Waals surface area (Å²) in [6.07, 6.45) is -1.73. The van der Waals surface area contributed by atoms with Gasteiger partial charge >= 0.3 is 20.8 Å². The summed E-state index contributed by atoms with van der Waals surface area (Å²) in [6, 6.07) is 0. The molecule has 0 aromatic carbocycles. The molecule has 2 saturated heterocycles. The van der Waals surface area contributed by atoms with Crippen LogP contribution in [0.5, 0.6) is 0 Å². The third-order valence-electron chi connectivity index (χ3n) is 2.40. The fraction of sp³-hybridized carbons (Fsp3) is 1.00. The first-order valence-corrected chi connectivity index (χ1v) is 7.50. The van der Waals surface area contributed by atoms with E-state index in [0.29, 0.717) is 13.1 Å². The number of nitrogens with one attached hydrogen (secondary N) is 2. The molecule has 100 valence electrons. The van der Waals surface area contributed by atoms with E-state index in [1.54, 1.807) is 6.92 Å². The van der Waals surface area contributed by atoms with E-state index < -0.39 is 33.0 Å². The van der Waals surface area contributed by atoms with E-state index in [2.05, 4.69) is 22.6 Å². The number of rotatable bonds is 2. The Hall–Kier alpha value is -0.300. The van der Waals surface area contributed by atoms with Crippen LogP contribution in [0.15, 0.2) is 0 Å². The molecule has 2 fully saturated rings. The van der Waals surface area contributed by atoms with Crippen molar-refractivity contribution in [2.24, 2.45) is 5.92 Å². The second-order valence-electron chi connectivity index (χ2n) is 3.69. The van der Waals surface area contributed by atoms with Crippen molar-refractivity contribution in [2.75, 3.05) is 13.1 Å². The molecule has 1 atom stereocenters. The molecular weight excluding hydrogens is 276 g/mol. The van der Waals surface area contributed by atoms with E-state index in [1.807, 2.05) is 0 Å². The van der Waals surface area contributed by atoms with E-state index in [4.69, 9.17) is 0 Å². The Morgan fingerprint density at radius 2 is 1.53 bits per heavy atom. The molecule has 0 aromatic heterocycles. The molecule has 0 aromatic rings. The van der Waals surface area contributed by atoms with Gasteiger partial charge in [-0.05, 0) is 0 Å². The molecule has 9 nitrogen and oxygen atoms in total. The van der Waals surface area contributed by atoms with Gasteiger partial charge in [0.2, 0.25) is 6.29 Å². The molecule has 0 radical (unpaired) electrons. The van der Waals surface area contributed by atoms with E-state index in [1.165, 1.54) is 0 Å². The molecule has 1 unspecified atom stereocenters. The van der Waals surface area contributed by atoms with Crippen LogP contribution in [0.2, 0.25) is 0 Å². The number of hydrogen-bond donors (Lipinski definition) is 2. The zero-order valence-electron chi connectivity index (χ0n) is 8.82. The van der Waals surface area contributed by atoms with Gasteiger partial charge in [0.25, 0.3) is 0 Å². The van der Waals surface area contributed by atoms with Gasteiger partial charge in [0.05, 0.1) is 6.17 Å². The summed E-state index contributed by atoms with van der Waals surface area (Å²) >= 11 is 0. The molecular formula is C6H12N2O7S2. The maximum atomic E-state index is 11.1. The highest BCUT2D eigenvalue weighted by molar-refractivity contribution is 7.95. The van der Waals surface area contributed by atoms with Gasteiger partial charge in [-0.2, -0.15) is 16.8 Å². The lowest BCUT2D eigenvalue weighted by atomic mass is 10.1. The maximum Gasteiger partial charge on any atom is 0.418 e. The molecule has 2 heterocycles. The Balaban J connectivity index is 2.15. The van der Waals surface area contributed by atoms with Gasteiger partial charge in [0, 0.05) is 19.0 Å². The lowest BCUT2D eigenvalue weighted by Crippen LogP contribution is -2.48. The molecule has 2 rings (SSSR count). The summed E-state index contributed by atoms with van der Waals surface area (Å²) in [5.41, 5.74) is 0. The molecule has 0 saturated carbocycles. The minimum Gasteiger partial charge on any atom is -0.300 e. The second kappa shape index (κ2) is 4.42. The summed E-state index contributed by atoms with van der Waals surface area (Å²) < 4.78 is 56.8. The Morgan fingerprint density at radius 1 is 1.06 bits per heavy atom. The van der Waals surface area contributed by atoms with E-state index in [-0.39, 0.29) is 6.17 Å². The van der Waals surface area contributed by atoms with Gasteiger partial charge < -0.3 is 10.6 Å². The highest BCUT2D eigenvalue weighted by atomic mass is 32.3. The Labute approximate surface area is 99.1 Å². The van der Waals surface area contributed by atoms with Crippen molar-refractivity contribution < 1.29 is 28.8 Å². The standard InChI is InChI=1S/C6H12N2O7S2/c1-4(5-7-2-3-8-5)6-13-16(9,10)15-17(11,12)14-6/h4-8H,2-3H2,1H3. The van der Waals surface area contributed by atoms with Gasteiger partial charge in [-0.15, -0.1) is 3.63 Å². The molecule has 0 amide bonds. The maximum absolute atomic E-state index is 11.1. The van der Waals surface area contributed by atoms with Crippen molar-refractivity contribution in [3.63, 3.8) is 0 Å². The first-order valence-electron chi connectivity index (χ1n) is 4.83. The summed E-state index contributed by atoms with van der Waals surface area (Å²) in [5.74, 6) is -0.536. The first kappa shape index (κ1) is 13.1. The molecule has 2 aliphatic heterocycles. The van der Waals surface area contributed by atoms with E-state index in [0.717, 1.165) is 0 Å². The summed E-state index contributed by atoms with van der Waals surface area (Å²) in [4.78, 5) is 0. The normalized spacial score (nSPS) is 31.4. The fourth-order valence-corrected chi connectivity index (χ4v) is 3.63. The third-order valence-corrected chi connectivity index (χ3v) is 4.58. The largest absolute Gasteiger partial charge is 0.418 e. The molecule has 17 heavy (non-hydrogen) atoms. The Bertz CT molecular complexity index is 446. The van der Waals surface area contributed by atoms with Gasteiger partial charge in [-0.25, -0.2) is 8.37 Å². The van der Waals surface area contributed by atoms with Crippen molar-refractivity contribution in [1.29, 1.82) is 0 Å².